The van der Waals surface area contributed by atoms with Gasteiger partial charge in [0.05, 0.1) is 11.7 Å². The number of piperazine rings is 1. The lowest BCUT2D eigenvalue weighted by atomic mass is 10.1. The van der Waals surface area contributed by atoms with Gasteiger partial charge in [0.1, 0.15) is 29.1 Å². The summed E-state index contributed by atoms with van der Waals surface area (Å²) in [5, 5.41) is 18.6. The van der Waals surface area contributed by atoms with Crippen molar-refractivity contribution >= 4 is 28.4 Å². The van der Waals surface area contributed by atoms with E-state index in [2.05, 4.69) is 43.3 Å². The number of pyridine rings is 1. The highest BCUT2D eigenvalue weighted by molar-refractivity contribution is 5.83. The number of aryl methyl sites for hydroxylation is 2. The molecule has 0 aliphatic carbocycles. The number of likely N-dealkylation sites (N-methyl/N-ethyl adjacent to an activating group) is 1. The molecule has 3 aromatic heterocycles. The highest BCUT2D eigenvalue weighted by Gasteiger charge is 2.19. The van der Waals surface area contributed by atoms with E-state index in [1.54, 1.807) is 10.9 Å². The zero-order valence-electron chi connectivity index (χ0n) is 18.9. The number of anilines is 3. The fourth-order valence-corrected chi connectivity index (χ4v) is 4.10. The first-order valence-electron chi connectivity index (χ1n) is 10.9. The van der Waals surface area contributed by atoms with E-state index in [0.29, 0.717) is 28.8 Å². The zero-order valence-corrected chi connectivity index (χ0v) is 18.9. The van der Waals surface area contributed by atoms with Crippen LogP contribution in [0.15, 0.2) is 42.6 Å². The molecule has 1 aliphatic rings. The SMILES string of the molecule is Cc1nc(Nc2c(C#N)cnn2-c2cc(C)c3ccccc3n2)cc(N2CCN(C)CC2)n1. The molecule has 0 radical (unpaired) electrons. The number of nitrogens with zero attached hydrogens (tertiary/aromatic N) is 8. The van der Waals surface area contributed by atoms with Crippen LogP contribution in [0.4, 0.5) is 17.5 Å². The molecule has 4 heterocycles. The molecule has 1 aliphatic heterocycles. The maximum absolute atomic E-state index is 9.71. The number of fused-ring (bicyclic) bond motifs is 1. The molecular weight excluding hydrogens is 414 g/mol. The first-order chi connectivity index (χ1) is 16.0. The molecule has 0 unspecified atom stereocenters. The number of rotatable bonds is 4. The van der Waals surface area contributed by atoms with E-state index in [0.717, 1.165) is 48.5 Å². The van der Waals surface area contributed by atoms with Crippen LogP contribution < -0.4 is 10.2 Å². The predicted molar refractivity (Wildman–Crippen MR) is 128 cm³/mol. The molecule has 5 rings (SSSR count). The molecule has 1 N–H and O–H groups in total. The van der Waals surface area contributed by atoms with Crippen LogP contribution in [0.3, 0.4) is 0 Å². The molecule has 33 heavy (non-hydrogen) atoms. The predicted octanol–water partition coefficient (Wildman–Crippen LogP) is 3.19. The second-order valence-corrected chi connectivity index (χ2v) is 8.32. The quantitative estimate of drug-likeness (QED) is 0.518. The lowest BCUT2D eigenvalue weighted by Crippen LogP contribution is -2.44. The summed E-state index contributed by atoms with van der Waals surface area (Å²) in [5.41, 5.74) is 2.38. The Balaban J connectivity index is 1.53. The van der Waals surface area contributed by atoms with E-state index in [1.165, 1.54) is 0 Å². The largest absolute Gasteiger partial charge is 0.354 e. The minimum absolute atomic E-state index is 0.417. The van der Waals surface area contributed by atoms with Gasteiger partial charge in [0, 0.05) is 37.6 Å². The van der Waals surface area contributed by atoms with Gasteiger partial charge in [-0.3, -0.25) is 0 Å². The van der Waals surface area contributed by atoms with Crippen LogP contribution in [0.1, 0.15) is 17.0 Å². The van der Waals surface area contributed by atoms with Gasteiger partial charge in [-0.05, 0) is 38.6 Å². The normalized spacial score (nSPS) is 14.4. The van der Waals surface area contributed by atoms with Gasteiger partial charge in [-0.1, -0.05) is 18.2 Å². The number of nitriles is 1. The molecule has 0 amide bonds. The minimum atomic E-state index is 0.417. The number of hydrogen-bond acceptors (Lipinski definition) is 8. The van der Waals surface area contributed by atoms with Crippen molar-refractivity contribution in [1.82, 2.24) is 29.6 Å². The molecule has 0 spiro atoms. The van der Waals surface area contributed by atoms with Crippen LogP contribution in [0.2, 0.25) is 0 Å². The van der Waals surface area contributed by atoms with Gasteiger partial charge >= 0.3 is 0 Å². The molecule has 1 aromatic carbocycles. The third kappa shape index (κ3) is 4.08. The molecule has 0 bridgehead atoms. The van der Waals surface area contributed by atoms with Crippen molar-refractivity contribution in [3.05, 3.63) is 59.5 Å². The number of hydrogen-bond donors (Lipinski definition) is 1. The Labute approximate surface area is 192 Å². The summed E-state index contributed by atoms with van der Waals surface area (Å²) in [6.45, 7) is 7.73. The summed E-state index contributed by atoms with van der Waals surface area (Å²) in [5.74, 6) is 3.33. The minimum Gasteiger partial charge on any atom is -0.354 e. The van der Waals surface area contributed by atoms with E-state index in [9.17, 15) is 5.26 Å². The third-order valence-corrected chi connectivity index (χ3v) is 5.91. The fourth-order valence-electron chi connectivity index (χ4n) is 4.10. The van der Waals surface area contributed by atoms with E-state index in [-0.39, 0.29) is 0 Å². The van der Waals surface area contributed by atoms with Crippen molar-refractivity contribution in [1.29, 1.82) is 5.26 Å². The molecular formula is C24H25N9. The van der Waals surface area contributed by atoms with E-state index in [4.69, 9.17) is 4.98 Å². The van der Waals surface area contributed by atoms with Gasteiger partial charge in [0.15, 0.2) is 11.6 Å². The van der Waals surface area contributed by atoms with E-state index < -0.39 is 0 Å². The van der Waals surface area contributed by atoms with Crippen molar-refractivity contribution in [3.8, 4) is 11.9 Å². The maximum atomic E-state index is 9.71. The Morgan fingerprint density at radius 3 is 2.55 bits per heavy atom. The van der Waals surface area contributed by atoms with Crippen LogP contribution in [0.25, 0.3) is 16.7 Å². The number of nitrogens with one attached hydrogen (secondary N) is 1. The van der Waals surface area contributed by atoms with Crippen LogP contribution in [-0.2, 0) is 0 Å². The van der Waals surface area contributed by atoms with Crippen molar-refractivity contribution in [3.63, 3.8) is 0 Å². The van der Waals surface area contributed by atoms with Crippen LogP contribution >= 0.6 is 0 Å². The van der Waals surface area contributed by atoms with Crippen molar-refractivity contribution in [2.24, 2.45) is 0 Å². The Morgan fingerprint density at radius 2 is 1.76 bits per heavy atom. The molecule has 4 aromatic rings. The number of aromatic nitrogens is 5. The summed E-state index contributed by atoms with van der Waals surface area (Å²) in [6.07, 6.45) is 1.55. The van der Waals surface area contributed by atoms with Gasteiger partial charge in [-0.25, -0.2) is 15.0 Å². The maximum Gasteiger partial charge on any atom is 0.156 e. The molecule has 0 atom stereocenters. The highest BCUT2D eigenvalue weighted by Crippen LogP contribution is 2.27. The van der Waals surface area contributed by atoms with Crippen LogP contribution in [0.5, 0.6) is 0 Å². The smallest absolute Gasteiger partial charge is 0.156 e. The standard InChI is InChI=1S/C24H25N9/c1-16-12-23(29-20-7-5-4-6-19(16)20)33-24(18(14-25)15-26-33)30-21-13-22(28-17(2)27-21)32-10-8-31(3)9-11-32/h4-7,12-13,15H,8-11H2,1-3H3,(H,27,28,30). The van der Waals surface area contributed by atoms with Gasteiger partial charge in [-0.2, -0.15) is 15.0 Å². The molecule has 9 nitrogen and oxygen atoms in total. The average molecular weight is 440 g/mol. The number of benzene rings is 1. The van der Waals surface area contributed by atoms with Crippen molar-refractivity contribution < 1.29 is 0 Å². The lowest BCUT2D eigenvalue weighted by Gasteiger charge is -2.33. The Bertz CT molecular complexity index is 1360. The Morgan fingerprint density at radius 1 is 0.970 bits per heavy atom. The first kappa shape index (κ1) is 20.8. The van der Waals surface area contributed by atoms with Crippen LogP contribution in [-0.4, -0.2) is 62.9 Å². The monoisotopic (exact) mass is 439 g/mol. The van der Waals surface area contributed by atoms with E-state index in [1.807, 2.05) is 50.2 Å². The molecule has 1 fully saturated rings. The Hall–Kier alpha value is -4.03. The summed E-state index contributed by atoms with van der Waals surface area (Å²) in [6, 6.07) is 14.1. The number of para-hydroxylation sites is 1. The summed E-state index contributed by atoms with van der Waals surface area (Å²) < 4.78 is 1.66. The molecule has 9 heteroatoms. The van der Waals surface area contributed by atoms with Crippen molar-refractivity contribution in [2.45, 2.75) is 13.8 Å². The van der Waals surface area contributed by atoms with Gasteiger partial charge in [0.25, 0.3) is 0 Å². The van der Waals surface area contributed by atoms with Gasteiger partial charge < -0.3 is 15.1 Å². The van der Waals surface area contributed by atoms with Gasteiger partial charge in [0.2, 0.25) is 0 Å². The van der Waals surface area contributed by atoms with E-state index >= 15 is 0 Å². The van der Waals surface area contributed by atoms with Crippen molar-refractivity contribution in [2.75, 3.05) is 43.4 Å². The first-order valence-corrected chi connectivity index (χ1v) is 10.9. The highest BCUT2D eigenvalue weighted by atomic mass is 15.4. The fraction of sp³-hybridized carbons (Fsp3) is 0.292. The molecule has 166 valence electrons. The second kappa shape index (κ2) is 8.48. The summed E-state index contributed by atoms with van der Waals surface area (Å²) >= 11 is 0. The third-order valence-electron chi connectivity index (χ3n) is 5.91. The summed E-state index contributed by atoms with van der Waals surface area (Å²) in [7, 11) is 2.13. The topological polar surface area (TPSA) is 98.8 Å². The molecule has 0 saturated carbocycles. The van der Waals surface area contributed by atoms with Gasteiger partial charge in [-0.15, -0.1) is 0 Å². The zero-order chi connectivity index (χ0) is 22.9. The average Bonchev–Trinajstić information content (AvgIpc) is 3.21. The summed E-state index contributed by atoms with van der Waals surface area (Å²) in [4.78, 5) is 18.5. The molecule has 1 saturated heterocycles. The Kier molecular flexibility index (Phi) is 5.36. The van der Waals surface area contributed by atoms with Crippen LogP contribution in [0, 0.1) is 25.2 Å². The lowest BCUT2D eigenvalue weighted by molar-refractivity contribution is 0.312. The second-order valence-electron chi connectivity index (χ2n) is 8.32.